The number of nitrogens with zero attached hydrogens (tertiary/aromatic N) is 2. The smallest absolute Gasteiger partial charge is 0.230 e. The zero-order chi connectivity index (χ0) is 16.4. The number of carbonyl (C=O) groups is 2. The first-order valence-electron chi connectivity index (χ1n) is 7.02. The Bertz CT molecular complexity index is 765. The van der Waals surface area contributed by atoms with Crippen molar-refractivity contribution in [3.63, 3.8) is 0 Å². The van der Waals surface area contributed by atoms with Crippen LogP contribution < -0.4 is 10.2 Å². The second kappa shape index (κ2) is 6.98. The minimum atomic E-state index is -0.196. The highest BCUT2D eigenvalue weighted by atomic mass is 79.9. The third kappa shape index (κ3) is 3.91. The van der Waals surface area contributed by atoms with Gasteiger partial charge in [0, 0.05) is 22.8 Å². The summed E-state index contributed by atoms with van der Waals surface area (Å²) < 4.78 is 0.847. The summed E-state index contributed by atoms with van der Waals surface area (Å²) in [6.07, 6.45) is 1.57. The van der Waals surface area contributed by atoms with Gasteiger partial charge in [-0.05, 0) is 24.6 Å². The van der Waals surface area contributed by atoms with Gasteiger partial charge in [0.25, 0.3) is 0 Å². The van der Waals surface area contributed by atoms with E-state index in [0.717, 1.165) is 10.9 Å². The van der Waals surface area contributed by atoms with Crippen LogP contribution in [0.4, 0.5) is 10.8 Å². The Kier molecular flexibility index (Phi) is 4.99. The molecule has 2 heterocycles. The van der Waals surface area contributed by atoms with E-state index in [1.807, 2.05) is 5.38 Å². The van der Waals surface area contributed by atoms with Crippen LogP contribution >= 0.6 is 38.9 Å². The molecule has 1 aromatic carbocycles. The van der Waals surface area contributed by atoms with Gasteiger partial charge in [0.15, 0.2) is 5.13 Å². The highest BCUT2D eigenvalue weighted by Crippen LogP contribution is 2.27. The van der Waals surface area contributed by atoms with Crippen LogP contribution in [0.15, 0.2) is 28.1 Å². The lowest BCUT2D eigenvalue weighted by Gasteiger charge is -2.10. The molecule has 3 rings (SSSR count). The Labute approximate surface area is 150 Å². The molecule has 0 bridgehead atoms. The van der Waals surface area contributed by atoms with Crippen molar-refractivity contribution in [1.29, 1.82) is 0 Å². The molecule has 0 saturated carbocycles. The molecule has 1 aromatic heterocycles. The Balaban J connectivity index is 1.64. The minimum absolute atomic E-state index is 0.0944. The fourth-order valence-corrected chi connectivity index (χ4v) is 3.89. The number of halogens is 2. The number of carbonyl (C=O) groups excluding carboxylic acids is 2. The number of rotatable bonds is 4. The van der Waals surface area contributed by atoms with Gasteiger partial charge in [-0.2, -0.15) is 0 Å². The van der Waals surface area contributed by atoms with Crippen LogP contribution in [0.1, 0.15) is 18.5 Å². The molecule has 8 heteroatoms. The SMILES string of the molecule is O=C(Cc1csc(N2CCCC2=O)n1)Nc1ccc(Br)cc1Cl. The predicted molar refractivity (Wildman–Crippen MR) is 95.2 cm³/mol. The van der Waals surface area contributed by atoms with Gasteiger partial charge in [-0.1, -0.05) is 27.5 Å². The zero-order valence-electron chi connectivity index (χ0n) is 12.0. The van der Waals surface area contributed by atoms with E-state index in [1.165, 1.54) is 11.3 Å². The standard InChI is InChI=1S/C15H13BrClN3O2S/c16-9-3-4-12(11(17)6-9)19-13(21)7-10-8-23-15(18-10)20-5-1-2-14(20)22/h3-4,6,8H,1-2,5,7H2,(H,19,21). The average Bonchev–Trinajstić information content (AvgIpc) is 3.10. The Morgan fingerprint density at radius 2 is 2.30 bits per heavy atom. The molecule has 0 atom stereocenters. The van der Waals surface area contributed by atoms with E-state index in [9.17, 15) is 9.59 Å². The normalized spacial score (nSPS) is 14.3. The van der Waals surface area contributed by atoms with Gasteiger partial charge >= 0.3 is 0 Å². The molecule has 1 aliphatic heterocycles. The number of nitrogens with one attached hydrogen (secondary N) is 1. The maximum Gasteiger partial charge on any atom is 0.230 e. The van der Waals surface area contributed by atoms with Crippen LogP contribution in [-0.2, 0) is 16.0 Å². The Morgan fingerprint density at radius 1 is 1.48 bits per heavy atom. The lowest BCUT2D eigenvalue weighted by molar-refractivity contribution is -0.117. The van der Waals surface area contributed by atoms with Crippen LogP contribution in [0, 0.1) is 0 Å². The molecule has 1 saturated heterocycles. The van der Waals surface area contributed by atoms with Gasteiger partial charge in [-0.3, -0.25) is 14.5 Å². The maximum atomic E-state index is 12.1. The number of hydrogen-bond acceptors (Lipinski definition) is 4. The van der Waals surface area contributed by atoms with Gasteiger partial charge in [-0.15, -0.1) is 11.3 Å². The molecule has 2 aromatic rings. The second-order valence-corrected chi connectivity index (χ2v) is 7.28. The predicted octanol–water partition coefficient (Wildman–Crippen LogP) is 3.87. The molecule has 0 radical (unpaired) electrons. The highest BCUT2D eigenvalue weighted by molar-refractivity contribution is 9.10. The molecule has 1 aliphatic rings. The molecule has 2 amide bonds. The Morgan fingerprint density at radius 3 is 3.00 bits per heavy atom. The zero-order valence-corrected chi connectivity index (χ0v) is 15.2. The van der Waals surface area contributed by atoms with Crippen molar-refractivity contribution in [3.05, 3.63) is 38.8 Å². The summed E-state index contributed by atoms with van der Waals surface area (Å²) in [6.45, 7) is 0.701. The maximum absolute atomic E-state index is 12.1. The van der Waals surface area contributed by atoms with E-state index in [0.29, 0.717) is 34.5 Å². The number of anilines is 2. The van der Waals surface area contributed by atoms with Gasteiger partial charge < -0.3 is 5.32 Å². The lowest BCUT2D eigenvalue weighted by Crippen LogP contribution is -2.23. The van der Waals surface area contributed by atoms with Crippen molar-refractivity contribution < 1.29 is 9.59 Å². The number of amides is 2. The summed E-state index contributed by atoms with van der Waals surface area (Å²) in [6, 6.07) is 5.26. The Hall–Kier alpha value is -1.44. The summed E-state index contributed by atoms with van der Waals surface area (Å²) >= 11 is 10.8. The van der Waals surface area contributed by atoms with Gasteiger partial charge in [-0.25, -0.2) is 4.98 Å². The second-order valence-electron chi connectivity index (χ2n) is 5.12. The minimum Gasteiger partial charge on any atom is -0.324 e. The van der Waals surface area contributed by atoms with Crippen molar-refractivity contribution in [2.24, 2.45) is 0 Å². The molecule has 5 nitrogen and oxygen atoms in total. The summed E-state index contributed by atoms with van der Waals surface area (Å²) in [5.74, 6) is -0.101. The van der Waals surface area contributed by atoms with Crippen LogP contribution in [0.3, 0.4) is 0 Å². The topological polar surface area (TPSA) is 62.3 Å². The molecular weight excluding hydrogens is 402 g/mol. The molecule has 1 N–H and O–H groups in total. The number of aromatic nitrogens is 1. The molecular formula is C15H13BrClN3O2S. The van der Waals surface area contributed by atoms with Crippen molar-refractivity contribution in [2.75, 3.05) is 16.8 Å². The third-order valence-electron chi connectivity index (χ3n) is 3.39. The van der Waals surface area contributed by atoms with Crippen molar-refractivity contribution >= 4 is 61.5 Å². The van der Waals surface area contributed by atoms with E-state index >= 15 is 0 Å². The third-order valence-corrected chi connectivity index (χ3v) is 5.11. The first-order valence-corrected chi connectivity index (χ1v) is 9.07. The average molecular weight is 415 g/mol. The molecule has 0 unspecified atom stereocenters. The molecule has 23 heavy (non-hydrogen) atoms. The lowest BCUT2D eigenvalue weighted by atomic mass is 10.3. The first-order chi connectivity index (χ1) is 11.0. The highest BCUT2D eigenvalue weighted by Gasteiger charge is 2.24. The van der Waals surface area contributed by atoms with Gasteiger partial charge in [0.1, 0.15) is 0 Å². The number of benzene rings is 1. The molecule has 1 fully saturated rings. The summed E-state index contributed by atoms with van der Waals surface area (Å²) in [5.41, 5.74) is 1.21. The van der Waals surface area contributed by atoms with Crippen molar-refractivity contribution in [1.82, 2.24) is 4.98 Å². The van der Waals surface area contributed by atoms with E-state index in [4.69, 9.17) is 11.6 Å². The quantitative estimate of drug-likeness (QED) is 0.826. The fraction of sp³-hybridized carbons (Fsp3) is 0.267. The van der Waals surface area contributed by atoms with Crippen LogP contribution in [0.5, 0.6) is 0 Å². The van der Waals surface area contributed by atoms with E-state index in [2.05, 4.69) is 26.2 Å². The van der Waals surface area contributed by atoms with Crippen molar-refractivity contribution in [2.45, 2.75) is 19.3 Å². The molecule has 0 aliphatic carbocycles. The molecule has 120 valence electrons. The monoisotopic (exact) mass is 413 g/mol. The van der Waals surface area contributed by atoms with Gasteiger partial charge in [0.05, 0.1) is 22.8 Å². The molecule has 0 spiro atoms. The van der Waals surface area contributed by atoms with Crippen LogP contribution in [-0.4, -0.2) is 23.3 Å². The van der Waals surface area contributed by atoms with E-state index in [1.54, 1.807) is 23.1 Å². The van der Waals surface area contributed by atoms with Crippen LogP contribution in [0.25, 0.3) is 0 Å². The summed E-state index contributed by atoms with van der Waals surface area (Å²) in [5, 5.41) is 5.71. The number of thiazole rings is 1. The summed E-state index contributed by atoms with van der Waals surface area (Å²) in [4.78, 5) is 29.9. The summed E-state index contributed by atoms with van der Waals surface area (Å²) in [7, 11) is 0. The van der Waals surface area contributed by atoms with E-state index in [-0.39, 0.29) is 18.2 Å². The first kappa shape index (κ1) is 16.4. The van der Waals surface area contributed by atoms with Gasteiger partial charge in [0.2, 0.25) is 11.8 Å². The van der Waals surface area contributed by atoms with E-state index < -0.39 is 0 Å². The van der Waals surface area contributed by atoms with Crippen LogP contribution in [0.2, 0.25) is 5.02 Å². The fourth-order valence-electron chi connectivity index (χ4n) is 2.30. The largest absolute Gasteiger partial charge is 0.324 e. The number of hydrogen-bond donors (Lipinski definition) is 1. The van der Waals surface area contributed by atoms with Crippen molar-refractivity contribution in [3.8, 4) is 0 Å².